The molecule has 0 aliphatic heterocycles. The maximum Gasteiger partial charge on any atom is 0.271 e. The highest BCUT2D eigenvalue weighted by atomic mass is 16.6. The van der Waals surface area contributed by atoms with Crippen LogP contribution in [0.25, 0.3) is 0 Å². The molecule has 2 aromatic carbocycles. The number of carbonyl (C=O) groups excluding carboxylic acids is 2. The molecule has 2 aromatic rings. The first kappa shape index (κ1) is 16.2. The van der Waals surface area contributed by atoms with Crippen LogP contribution in [-0.2, 0) is 4.79 Å². The van der Waals surface area contributed by atoms with Crippen LogP contribution in [0.3, 0.4) is 0 Å². The standard InChI is InChI=1S/C16H14N2O5/c1-11-6-7-13(18(21)22)8-14(11)17-16(20)10-23-15-5-3-2-4-12(15)9-19/h2-9H,10H2,1H3,(H,17,20). The predicted octanol–water partition coefficient (Wildman–Crippen LogP) is 2.73. The Morgan fingerprint density at radius 2 is 2.04 bits per heavy atom. The summed E-state index contributed by atoms with van der Waals surface area (Å²) in [6.45, 7) is 1.41. The third kappa shape index (κ3) is 4.13. The highest BCUT2D eigenvalue weighted by Gasteiger charge is 2.12. The summed E-state index contributed by atoms with van der Waals surface area (Å²) in [6, 6.07) is 10.7. The summed E-state index contributed by atoms with van der Waals surface area (Å²) in [4.78, 5) is 33.0. The molecule has 0 fully saturated rings. The highest BCUT2D eigenvalue weighted by Crippen LogP contribution is 2.22. The fourth-order valence-electron chi connectivity index (χ4n) is 1.90. The number of nitro groups is 1. The van der Waals surface area contributed by atoms with Crippen molar-refractivity contribution in [1.29, 1.82) is 0 Å². The molecule has 0 aliphatic rings. The predicted molar refractivity (Wildman–Crippen MR) is 83.8 cm³/mol. The van der Waals surface area contributed by atoms with Gasteiger partial charge in [0.15, 0.2) is 12.9 Å². The summed E-state index contributed by atoms with van der Waals surface area (Å²) in [7, 11) is 0. The number of benzene rings is 2. The number of nitrogens with zero attached hydrogens (tertiary/aromatic N) is 1. The van der Waals surface area contributed by atoms with E-state index in [-0.39, 0.29) is 12.3 Å². The van der Waals surface area contributed by atoms with E-state index in [1.54, 1.807) is 37.3 Å². The average Bonchev–Trinajstić information content (AvgIpc) is 2.55. The van der Waals surface area contributed by atoms with Gasteiger partial charge in [0.05, 0.1) is 16.2 Å². The molecule has 0 saturated heterocycles. The van der Waals surface area contributed by atoms with Gasteiger partial charge in [0.2, 0.25) is 0 Å². The molecule has 1 N–H and O–H groups in total. The van der Waals surface area contributed by atoms with Crippen molar-refractivity contribution in [2.75, 3.05) is 11.9 Å². The quantitative estimate of drug-likeness (QED) is 0.502. The van der Waals surface area contributed by atoms with Gasteiger partial charge < -0.3 is 10.1 Å². The molecule has 23 heavy (non-hydrogen) atoms. The zero-order valence-corrected chi connectivity index (χ0v) is 12.3. The third-order valence-electron chi connectivity index (χ3n) is 3.11. The minimum atomic E-state index is -0.536. The first-order valence-corrected chi connectivity index (χ1v) is 6.73. The smallest absolute Gasteiger partial charge is 0.271 e. The molecule has 0 spiro atoms. The fourth-order valence-corrected chi connectivity index (χ4v) is 1.90. The number of hydrogen-bond acceptors (Lipinski definition) is 5. The Bertz CT molecular complexity index is 758. The number of anilines is 1. The van der Waals surface area contributed by atoms with Gasteiger partial charge in [-0.3, -0.25) is 19.7 Å². The SMILES string of the molecule is Cc1ccc([N+](=O)[O-])cc1NC(=O)COc1ccccc1C=O. The van der Waals surface area contributed by atoms with Crippen LogP contribution >= 0.6 is 0 Å². The minimum Gasteiger partial charge on any atom is -0.483 e. The van der Waals surface area contributed by atoms with Crippen molar-refractivity contribution in [3.63, 3.8) is 0 Å². The number of amides is 1. The number of non-ortho nitro benzene ring substituents is 1. The Hall–Kier alpha value is -3.22. The van der Waals surface area contributed by atoms with Crippen LogP contribution in [0.4, 0.5) is 11.4 Å². The van der Waals surface area contributed by atoms with Crippen LogP contribution < -0.4 is 10.1 Å². The van der Waals surface area contributed by atoms with E-state index in [1.807, 2.05) is 0 Å². The van der Waals surface area contributed by atoms with Gasteiger partial charge in [-0.2, -0.15) is 0 Å². The van der Waals surface area contributed by atoms with Crippen LogP contribution in [-0.4, -0.2) is 23.7 Å². The number of aldehydes is 1. The van der Waals surface area contributed by atoms with E-state index in [9.17, 15) is 19.7 Å². The number of aryl methyl sites for hydroxylation is 1. The van der Waals surface area contributed by atoms with Gasteiger partial charge in [-0.1, -0.05) is 18.2 Å². The largest absolute Gasteiger partial charge is 0.483 e. The van der Waals surface area contributed by atoms with Crippen molar-refractivity contribution in [2.24, 2.45) is 0 Å². The van der Waals surface area contributed by atoms with Crippen LogP contribution in [0, 0.1) is 17.0 Å². The number of hydrogen-bond donors (Lipinski definition) is 1. The summed E-state index contributed by atoms with van der Waals surface area (Å²) >= 11 is 0. The van der Waals surface area contributed by atoms with Gasteiger partial charge in [-0.05, 0) is 24.6 Å². The molecule has 7 nitrogen and oxygen atoms in total. The van der Waals surface area contributed by atoms with E-state index in [4.69, 9.17) is 4.74 Å². The lowest BCUT2D eigenvalue weighted by molar-refractivity contribution is -0.384. The summed E-state index contributed by atoms with van der Waals surface area (Å²) < 4.78 is 5.30. The van der Waals surface area contributed by atoms with Crippen molar-refractivity contribution in [1.82, 2.24) is 0 Å². The maximum atomic E-state index is 11.9. The van der Waals surface area contributed by atoms with Crippen molar-refractivity contribution in [2.45, 2.75) is 6.92 Å². The van der Waals surface area contributed by atoms with Gasteiger partial charge in [0, 0.05) is 12.1 Å². The van der Waals surface area contributed by atoms with Crippen LogP contribution in [0.5, 0.6) is 5.75 Å². The van der Waals surface area contributed by atoms with Crippen molar-refractivity contribution in [3.8, 4) is 5.75 Å². The van der Waals surface area contributed by atoms with E-state index in [1.165, 1.54) is 12.1 Å². The van der Waals surface area contributed by atoms with Crippen molar-refractivity contribution < 1.29 is 19.2 Å². The molecule has 0 aliphatic carbocycles. The van der Waals surface area contributed by atoms with E-state index in [0.29, 0.717) is 28.8 Å². The Morgan fingerprint density at radius 3 is 2.74 bits per heavy atom. The monoisotopic (exact) mass is 314 g/mol. The number of para-hydroxylation sites is 1. The Labute approximate surface area is 132 Å². The maximum absolute atomic E-state index is 11.9. The second-order valence-corrected chi connectivity index (χ2v) is 4.75. The van der Waals surface area contributed by atoms with Crippen LogP contribution in [0.1, 0.15) is 15.9 Å². The molecule has 0 atom stereocenters. The molecule has 7 heteroatoms. The Kier molecular flexibility index (Phi) is 5.03. The second kappa shape index (κ2) is 7.17. The molecular formula is C16H14N2O5. The molecule has 0 heterocycles. The van der Waals surface area contributed by atoms with Gasteiger partial charge in [-0.15, -0.1) is 0 Å². The molecular weight excluding hydrogens is 300 g/mol. The first-order valence-electron chi connectivity index (χ1n) is 6.73. The number of nitrogens with one attached hydrogen (secondary N) is 1. The molecule has 2 rings (SSSR count). The minimum absolute atomic E-state index is 0.113. The lowest BCUT2D eigenvalue weighted by atomic mass is 10.2. The Morgan fingerprint density at radius 1 is 1.30 bits per heavy atom. The molecule has 0 aromatic heterocycles. The summed E-state index contributed by atoms with van der Waals surface area (Å²) in [5, 5.41) is 13.3. The average molecular weight is 314 g/mol. The summed E-state index contributed by atoms with van der Waals surface area (Å²) in [5.41, 5.74) is 1.26. The normalized spacial score (nSPS) is 9.96. The first-order chi connectivity index (χ1) is 11.0. The zero-order chi connectivity index (χ0) is 16.8. The molecule has 0 saturated carbocycles. The number of carbonyl (C=O) groups is 2. The number of rotatable bonds is 6. The molecule has 1 amide bonds. The Balaban J connectivity index is 2.04. The number of ether oxygens (including phenoxy) is 1. The highest BCUT2D eigenvalue weighted by molar-refractivity contribution is 5.93. The molecule has 0 bridgehead atoms. The lowest BCUT2D eigenvalue weighted by Gasteiger charge is -2.10. The van der Waals surface area contributed by atoms with Crippen LogP contribution in [0.2, 0.25) is 0 Å². The summed E-state index contributed by atoms with van der Waals surface area (Å²) in [5.74, 6) is -0.178. The topological polar surface area (TPSA) is 98.5 Å². The molecule has 0 radical (unpaired) electrons. The third-order valence-corrected chi connectivity index (χ3v) is 3.11. The van der Waals surface area contributed by atoms with Gasteiger partial charge in [0.1, 0.15) is 5.75 Å². The summed E-state index contributed by atoms with van der Waals surface area (Å²) in [6.07, 6.45) is 0.637. The van der Waals surface area contributed by atoms with E-state index < -0.39 is 10.8 Å². The van der Waals surface area contributed by atoms with Gasteiger partial charge in [-0.25, -0.2) is 0 Å². The van der Waals surface area contributed by atoms with E-state index >= 15 is 0 Å². The molecule has 118 valence electrons. The van der Waals surface area contributed by atoms with Crippen molar-refractivity contribution in [3.05, 3.63) is 63.7 Å². The fraction of sp³-hybridized carbons (Fsp3) is 0.125. The van der Waals surface area contributed by atoms with E-state index in [2.05, 4.69) is 5.32 Å². The zero-order valence-electron chi connectivity index (χ0n) is 12.3. The van der Waals surface area contributed by atoms with Crippen LogP contribution in [0.15, 0.2) is 42.5 Å². The second-order valence-electron chi connectivity index (χ2n) is 4.75. The molecule has 0 unspecified atom stereocenters. The van der Waals surface area contributed by atoms with Crippen molar-refractivity contribution >= 4 is 23.6 Å². The van der Waals surface area contributed by atoms with Gasteiger partial charge >= 0.3 is 0 Å². The van der Waals surface area contributed by atoms with E-state index in [0.717, 1.165) is 0 Å². The number of nitro benzene ring substituents is 1. The lowest BCUT2D eigenvalue weighted by Crippen LogP contribution is -2.21. The van der Waals surface area contributed by atoms with Gasteiger partial charge in [0.25, 0.3) is 11.6 Å².